The molecule has 2 aromatic heterocycles. The molecule has 0 bridgehead atoms. The molecule has 5 rings (SSSR count). The van der Waals surface area contributed by atoms with Crippen molar-refractivity contribution in [1.82, 2.24) is 4.98 Å². The number of carbonyl (C=O) groups is 1. The topological polar surface area (TPSA) is 50.2 Å². The van der Waals surface area contributed by atoms with Gasteiger partial charge in [-0.15, -0.1) is 46.2 Å². The summed E-state index contributed by atoms with van der Waals surface area (Å²) in [5.74, 6) is -2.29. The van der Waals surface area contributed by atoms with Gasteiger partial charge in [0, 0.05) is 71.3 Å². The van der Waals surface area contributed by atoms with Crippen molar-refractivity contribution in [3.05, 3.63) is 88.3 Å². The van der Waals surface area contributed by atoms with Gasteiger partial charge < -0.3 is 10.1 Å². The number of fused-ring (bicyclic) bond motifs is 2. The van der Waals surface area contributed by atoms with E-state index >= 15 is 0 Å². The van der Waals surface area contributed by atoms with Gasteiger partial charge in [0.1, 0.15) is 5.76 Å². The van der Waals surface area contributed by atoms with Crippen LogP contribution in [0.2, 0.25) is 0 Å². The summed E-state index contributed by atoms with van der Waals surface area (Å²) in [6.07, 6.45) is 6.84. The number of benzene rings is 2. The van der Waals surface area contributed by atoms with Gasteiger partial charge in [0.2, 0.25) is 0 Å². The number of halogens is 2. The maximum atomic E-state index is 13.8. The van der Waals surface area contributed by atoms with E-state index in [1.807, 2.05) is 59.9 Å². The summed E-state index contributed by atoms with van der Waals surface area (Å²) in [6.45, 7) is 18.4. The molecule has 0 amide bonds. The number of aliphatic hydroxyl groups is 1. The minimum atomic E-state index is -2.58. The smallest absolute Gasteiger partial charge is 0.252 e. The molecule has 2 aromatic carbocycles. The number of nitrogens with zero attached hydrogens (tertiary/aromatic N) is 1. The number of rotatable bonds is 9. The Bertz CT molecular complexity index is 1760. The second-order valence-corrected chi connectivity index (χ2v) is 14.8. The molecular formula is C41H50F2IrNO2S-. The van der Waals surface area contributed by atoms with Gasteiger partial charge in [-0.1, -0.05) is 73.6 Å². The molecule has 0 unspecified atom stereocenters. The van der Waals surface area contributed by atoms with Crippen LogP contribution in [0.4, 0.5) is 8.78 Å². The van der Waals surface area contributed by atoms with E-state index in [0.29, 0.717) is 6.42 Å². The van der Waals surface area contributed by atoms with E-state index in [2.05, 4.69) is 56.1 Å². The van der Waals surface area contributed by atoms with Crippen LogP contribution >= 0.6 is 11.3 Å². The van der Waals surface area contributed by atoms with Crippen LogP contribution in [0.3, 0.4) is 0 Å². The molecule has 261 valence electrons. The van der Waals surface area contributed by atoms with E-state index < -0.39 is 5.92 Å². The van der Waals surface area contributed by atoms with Crippen molar-refractivity contribution < 1.29 is 38.8 Å². The molecule has 0 fully saturated rings. The summed E-state index contributed by atoms with van der Waals surface area (Å²) < 4.78 is 28.7. The predicted molar refractivity (Wildman–Crippen MR) is 194 cm³/mol. The number of hydrogen-bond donors (Lipinski definition) is 1. The molecule has 48 heavy (non-hydrogen) atoms. The van der Waals surface area contributed by atoms with Crippen molar-refractivity contribution in [2.75, 3.05) is 0 Å². The first-order chi connectivity index (χ1) is 22.1. The summed E-state index contributed by atoms with van der Waals surface area (Å²) >= 11 is 1.73. The quantitative estimate of drug-likeness (QED) is 0.104. The van der Waals surface area contributed by atoms with E-state index in [4.69, 9.17) is 0 Å². The average molecular weight is 851 g/mol. The van der Waals surface area contributed by atoms with Crippen molar-refractivity contribution in [3.8, 4) is 21.7 Å². The van der Waals surface area contributed by atoms with Crippen molar-refractivity contribution in [2.24, 2.45) is 10.8 Å². The monoisotopic (exact) mass is 851 g/mol. The molecule has 0 saturated carbocycles. The van der Waals surface area contributed by atoms with E-state index in [9.17, 15) is 18.7 Å². The van der Waals surface area contributed by atoms with E-state index in [1.54, 1.807) is 11.3 Å². The fourth-order valence-corrected chi connectivity index (χ4v) is 7.48. The Morgan fingerprint density at radius 2 is 1.62 bits per heavy atom. The second kappa shape index (κ2) is 15.9. The molecule has 1 N–H and O–H groups in total. The number of ketones is 1. The van der Waals surface area contributed by atoms with Crippen LogP contribution in [-0.2, 0) is 37.7 Å². The Morgan fingerprint density at radius 1 is 0.979 bits per heavy atom. The number of thiophene rings is 1. The number of carbonyl (C=O) groups excluding carboxylic acids is 1. The largest absolute Gasteiger partial charge is 0.512 e. The van der Waals surface area contributed by atoms with Crippen molar-refractivity contribution in [2.45, 2.75) is 113 Å². The first-order valence-electron chi connectivity index (χ1n) is 16.9. The van der Waals surface area contributed by atoms with E-state index in [0.717, 1.165) is 63.9 Å². The van der Waals surface area contributed by atoms with Gasteiger partial charge in [-0.25, -0.2) is 8.78 Å². The number of pyridine rings is 1. The van der Waals surface area contributed by atoms with Crippen LogP contribution in [0.1, 0.15) is 101 Å². The van der Waals surface area contributed by atoms with Gasteiger partial charge in [-0.2, -0.15) is 0 Å². The molecule has 0 aliphatic heterocycles. The fraction of sp³-hybridized carbons (Fsp3) is 0.463. The van der Waals surface area contributed by atoms with Gasteiger partial charge in [0.25, 0.3) is 5.92 Å². The third-order valence-corrected chi connectivity index (χ3v) is 11.9. The molecule has 1 aliphatic rings. The van der Waals surface area contributed by atoms with Crippen LogP contribution in [0.5, 0.6) is 0 Å². The van der Waals surface area contributed by atoms with Crippen LogP contribution in [0.25, 0.3) is 31.8 Å². The zero-order valence-electron chi connectivity index (χ0n) is 29.9. The number of aryl methyl sites for hydroxylation is 4. The van der Waals surface area contributed by atoms with Crippen LogP contribution in [-0.4, -0.2) is 21.8 Å². The Morgan fingerprint density at radius 3 is 2.23 bits per heavy atom. The molecular weight excluding hydrogens is 801 g/mol. The van der Waals surface area contributed by atoms with Gasteiger partial charge in [-0.3, -0.25) is 4.79 Å². The summed E-state index contributed by atoms with van der Waals surface area (Å²) in [6, 6.07) is 15.7. The van der Waals surface area contributed by atoms with Gasteiger partial charge in [0.15, 0.2) is 5.78 Å². The molecule has 1 radical (unpaired) electrons. The Balaban J connectivity index is 0.000000301. The Kier molecular flexibility index (Phi) is 13.1. The predicted octanol–water partition coefficient (Wildman–Crippen LogP) is 12.1. The molecule has 0 saturated heterocycles. The first kappa shape index (κ1) is 39.7. The number of hydrogen-bond acceptors (Lipinski definition) is 4. The number of aromatic nitrogens is 1. The Labute approximate surface area is 303 Å². The number of allylic oxidation sites excluding steroid dienone is 2. The second-order valence-electron chi connectivity index (χ2n) is 13.8. The molecule has 4 aromatic rings. The SMILES string of the molecule is CCC(C)(CC)C(=O)/C=C(\O)C(C)(CC)CC.Cc1[c-]c(-c2nccc3c(C)c(-c4ccc5c(c4)CCC(F)(F)C5)sc23)cc(C)c1.[Ir]. The molecule has 2 heterocycles. The molecule has 3 nitrogen and oxygen atoms in total. The first-order valence-corrected chi connectivity index (χ1v) is 17.8. The minimum Gasteiger partial charge on any atom is -0.512 e. The van der Waals surface area contributed by atoms with Gasteiger partial charge in [0.05, 0.1) is 0 Å². The summed E-state index contributed by atoms with van der Waals surface area (Å²) in [4.78, 5) is 18.1. The van der Waals surface area contributed by atoms with Crippen LogP contribution in [0, 0.1) is 37.7 Å². The summed E-state index contributed by atoms with van der Waals surface area (Å²) in [5, 5.41) is 11.3. The van der Waals surface area contributed by atoms with Crippen molar-refractivity contribution in [1.29, 1.82) is 0 Å². The molecule has 1 aliphatic carbocycles. The third kappa shape index (κ3) is 8.52. The van der Waals surface area contributed by atoms with Crippen LogP contribution in [0.15, 0.2) is 54.4 Å². The maximum absolute atomic E-state index is 13.8. The molecule has 0 atom stereocenters. The fourth-order valence-electron chi connectivity index (χ4n) is 6.18. The minimum absolute atomic E-state index is 0. The van der Waals surface area contributed by atoms with Gasteiger partial charge in [-0.05, 0) is 72.7 Å². The average Bonchev–Trinajstić information content (AvgIpc) is 3.39. The van der Waals surface area contributed by atoms with Crippen LogP contribution < -0.4 is 0 Å². The standard InChI is InChI=1S/C26H22F2NS.C15H28O2.Ir/c1-15-10-16(2)12-21(11-15)23-25-22(7-9-29-23)17(3)24(30-25)19-4-5-20-14-26(27,28)8-6-18(20)13-19;1-7-14(5,8-2)12(16)11-13(17)15(6,9-3)10-4;/h4-5,7,9-11,13H,6,8,14H2,1-3H3;11,16H,7-10H2,1-6H3;/q-1;;/b;12-11-;. The zero-order chi connectivity index (χ0) is 34.7. The van der Waals surface area contributed by atoms with E-state index in [1.165, 1.54) is 27.5 Å². The number of alkyl halides is 2. The summed E-state index contributed by atoms with van der Waals surface area (Å²) in [7, 11) is 0. The van der Waals surface area contributed by atoms with E-state index in [-0.39, 0.29) is 55.3 Å². The zero-order valence-corrected chi connectivity index (χ0v) is 33.1. The third-order valence-electron chi connectivity index (χ3n) is 10.5. The number of aliphatic hydroxyl groups excluding tert-OH is 1. The van der Waals surface area contributed by atoms with Gasteiger partial charge >= 0.3 is 0 Å². The molecule has 0 spiro atoms. The maximum Gasteiger partial charge on any atom is 0.252 e. The normalized spacial score (nSPS) is 14.5. The van der Waals surface area contributed by atoms with Crippen molar-refractivity contribution in [3.63, 3.8) is 0 Å². The van der Waals surface area contributed by atoms with Crippen molar-refractivity contribution >= 4 is 27.2 Å². The Hall–Kier alpha value is -2.73. The summed E-state index contributed by atoms with van der Waals surface area (Å²) in [5.41, 5.74) is 7.81. The molecule has 7 heteroatoms.